The summed E-state index contributed by atoms with van der Waals surface area (Å²) in [5, 5.41) is 4.50. The summed E-state index contributed by atoms with van der Waals surface area (Å²) in [5.74, 6) is 0.792. The molecule has 0 aliphatic heterocycles. The van der Waals surface area contributed by atoms with Crippen LogP contribution in [0, 0.1) is 5.92 Å². The number of hydrogen-bond acceptors (Lipinski definition) is 2. The first-order valence-corrected chi connectivity index (χ1v) is 8.81. The zero-order valence-corrected chi connectivity index (χ0v) is 13.4. The fraction of sp³-hybridized carbons (Fsp3) is 0.667. The van der Waals surface area contributed by atoms with Gasteiger partial charge in [-0.25, -0.2) is 0 Å². The largest absolute Gasteiger partial charge is 0.377 e. The van der Waals surface area contributed by atoms with E-state index in [1.807, 2.05) is 12.1 Å². The molecule has 1 atom stereocenters. The zero-order valence-electron chi connectivity index (χ0n) is 12.7. The molecule has 2 aliphatic rings. The van der Waals surface area contributed by atoms with Gasteiger partial charge >= 0.3 is 0 Å². The van der Waals surface area contributed by atoms with E-state index < -0.39 is 0 Å². The molecule has 0 radical (unpaired) electrons. The molecule has 1 N–H and O–H groups in total. The molecule has 21 heavy (non-hydrogen) atoms. The lowest BCUT2D eigenvalue weighted by molar-refractivity contribution is 0.0291. The SMILES string of the molecule is Clc1ccc(C(NCCOC2CCCCC2)C2CC2)cc1. The second-order valence-corrected chi connectivity index (χ2v) is 6.89. The van der Waals surface area contributed by atoms with Gasteiger partial charge < -0.3 is 10.1 Å². The highest BCUT2D eigenvalue weighted by atomic mass is 35.5. The first-order chi connectivity index (χ1) is 10.3. The van der Waals surface area contributed by atoms with Gasteiger partial charge in [-0.1, -0.05) is 43.0 Å². The van der Waals surface area contributed by atoms with Crippen LogP contribution in [0.25, 0.3) is 0 Å². The summed E-state index contributed by atoms with van der Waals surface area (Å²) in [4.78, 5) is 0. The second kappa shape index (κ2) is 7.62. The van der Waals surface area contributed by atoms with Crippen molar-refractivity contribution < 1.29 is 4.74 Å². The maximum absolute atomic E-state index is 6.00. The third kappa shape index (κ3) is 4.70. The van der Waals surface area contributed by atoms with Gasteiger partial charge in [-0.3, -0.25) is 0 Å². The first kappa shape index (κ1) is 15.3. The van der Waals surface area contributed by atoms with Crippen LogP contribution in [0.1, 0.15) is 56.6 Å². The summed E-state index contributed by atoms with van der Waals surface area (Å²) < 4.78 is 6.00. The molecule has 1 aromatic rings. The molecule has 1 aromatic carbocycles. The highest BCUT2D eigenvalue weighted by Crippen LogP contribution is 2.41. The Hall–Kier alpha value is -0.570. The average molecular weight is 308 g/mol. The van der Waals surface area contributed by atoms with E-state index in [1.165, 1.54) is 50.5 Å². The predicted octanol–water partition coefficient (Wildman–Crippen LogP) is 4.73. The van der Waals surface area contributed by atoms with Gasteiger partial charge in [0.05, 0.1) is 12.7 Å². The van der Waals surface area contributed by atoms with Gasteiger partial charge in [0.25, 0.3) is 0 Å². The smallest absolute Gasteiger partial charge is 0.0594 e. The van der Waals surface area contributed by atoms with E-state index in [4.69, 9.17) is 16.3 Å². The Labute approximate surface area is 133 Å². The Bertz CT molecular complexity index is 423. The van der Waals surface area contributed by atoms with Crippen molar-refractivity contribution in [2.75, 3.05) is 13.2 Å². The Kier molecular flexibility index (Phi) is 5.56. The molecule has 0 saturated heterocycles. The quantitative estimate of drug-likeness (QED) is 0.735. The Balaban J connectivity index is 1.44. The zero-order chi connectivity index (χ0) is 14.5. The molecule has 2 saturated carbocycles. The number of ether oxygens (including phenoxy) is 1. The van der Waals surface area contributed by atoms with Crippen molar-refractivity contribution in [3.05, 3.63) is 34.9 Å². The average Bonchev–Trinajstić information content (AvgIpc) is 3.34. The molecule has 0 bridgehead atoms. The molecular weight excluding hydrogens is 282 g/mol. The van der Waals surface area contributed by atoms with Crippen LogP contribution in [-0.2, 0) is 4.74 Å². The lowest BCUT2D eigenvalue weighted by Gasteiger charge is -2.23. The van der Waals surface area contributed by atoms with Gasteiger partial charge in [0.2, 0.25) is 0 Å². The normalized spacial score (nSPS) is 21.4. The monoisotopic (exact) mass is 307 g/mol. The molecule has 1 unspecified atom stereocenters. The van der Waals surface area contributed by atoms with Gasteiger partial charge in [-0.05, 0) is 49.3 Å². The summed E-state index contributed by atoms with van der Waals surface area (Å²) in [5.41, 5.74) is 1.36. The Morgan fingerprint density at radius 1 is 1.05 bits per heavy atom. The van der Waals surface area contributed by atoms with Crippen molar-refractivity contribution in [2.45, 2.75) is 57.1 Å². The standard InChI is InChI=1S/C18H26ClNO/c19-16-10-8-15(9-11-16)18(14-6-7-14)20-12-13-21-17-4-2-1-3-5-17/h8-11,14,17-18,20H,1-7,12-13H2. The van der Waals surface area contributed by atoms with E-state index >= 15 is 0 Å². The van der Waals surface area contributed by atoms with Gasteiger partial charge in [-0.15, -0.1) is 0 Å². The van der Waals surface area contributed by atoms with Gasteiger partial charge in [-0.2, -0.15) is 0 Å². The van der Waals surface area contributed by atoms with E-state index in [-0.39, 0.29) is 0 Å². The molecule has 0 amide bonds. The van der Waals surface area contributed by atoms with E-state index in [1.54, 1.807) is 0 Å². The summed E-state index contributed by atoms with van der Waals surface area (Å²) in [6.07, 6.45) is 9.76. The summed E-state index contributed by atoms with van der Waals surface area (Å²) in [6.45, 7) is 1.78. The molecule has 0 aromatic heterocycles. The first-order valence-electron chi connectivity index (χ1n) is 8.43. The van der Waals surface area contributed by atoms with E-state index in [2.05, 4.69) is 17.4 Å². The van der Waals surface area contributed by atoms with Gasteiger partial charge in [0.15, 0.2) is 0 Å². The number of rotatable bonds is 7. The Morgan fingerprint density at radius 3 is 2.43 bits per heavy atom. The van der Waals surface area contributed by atoms with Crippen molar-refractivity contribution in [3.63, 3.8) is 0 Å². The summed E-state index contributed by atoms with van der Waals surface area (Å²) in [6, 6.07) is 8.76. The van der Waals surface area contributed by atoms with Crippen molar-refractivity contribution >= 4 is 11.6 Å². The third-order valence-corrected chi connectivity index (χ3v) is 4.95. The van der Waals surface area contributed by atoms with Crippen LogP contribution < -0.4 is 5.32 Å². The molecule has 3 rings (SSSR count). The molecule has 3 heteroatoms. The van der Waals surface area contributed by atoms with Crippen molar-refractivity contribution in [3.8, 4) is 0 Å². The number of benzene rings is 1. The van der Waals surface area contributed by atoms with Gasteiger partial charge in [0.1, 0.15) is 0 Å². The van der Waals surface area contributed by atoms with E-state index in [0.29, 0.717) is 12.1 Å². The van der Waals surface area contributed by atoms with Crippen LogP contribution in [-0.4, -0.2) is 19.3 Å². The topological polar surface area (TPSA) is 21.3 Å². The molecule has 0 heterocycles. The fourth-order valence-electron chi connectivity index (χ4n) is 3.33. The molecule has 116 valence electrons. The van der Waals surface area contributed by atoms with Crippen LogP contribution in [0.3, 0.4) is 0 Å². The summed E-state index contributed by atoms with van der Waals surface area (Å²) in [7, 11) is 0. The molecule has 0 spiro atoms. The minimum Gasteiger partial charge on any atom is -0.377 e. The van der Waals surface area contributed by atoms with Crippen LogP contribution in [0.15, 0.2) is 24.3 Å². The van der Waals surface area contributed by atoms with Gasteiger partial charge in [0, 0.05) is 17.6 Å². The van der Waals surface area contributed by atoms with E-state index in [0.717, 1.165) is 24.1 Å². The van der Waals surface area contributed by atoms with E-state index in [9.17, 15) is 0 Å². The van der Waals surface area contributed by atoms with Crippen molar-refractivity contribution in [1.29, 1.82) is 0 Å². The highest BCUT2D eigenvalue weighted by Gasteiger charge is 2.31. The second-order valence-electron chi connectivity index (χ2n) is 6.45. The highest BCUT2D eigenvalue weighted by molar-refractivity contribution is 6.30. The Morgan fingerprint density at radius 2 is 1.76 bits per heavy atom. The maximum atomic E-state index is 6.00. The molecule has 2 nitrogen and oxygen atoms in total. The predicted molar refractivity (Wildman–Crippen MR) is 87.7 cm³/mol. The van der Waals surface area contributed by atoms with Crippen LogP contribution in [0.2, 0.25) is 5.02 Å². The number of hydrogen-bond donors (Lipinski definition) is 1. The number of nitrogens with one attached hydrogen (secondary N) is 1. The lowest BCUT2D eigenvalue weighted by Crippen LogP contribution is -2.29. The molecular formula is C18H26ClNO. The van der Waals surface area contributed by atoms with Crippen molar-refractivity contribution in [1.82, 2.24) is 5.32 Å². The lowest BCUT2D eigenvalue weighted by atomic mass is 9.98. The fourth-order valence-corrected chi connectivity index (χ4v) is 3.45. The summed E-state index contributed by atoms with van der Waals surface area (Å²) >= 11 is 5.98. The van der Waals surface area contributed by atoms with Crippen LogP contribution in [0.5, 0.6) is 0 Å². The van der Waals surface area contributed by atoms with Crippen LogP contribution >= 0.6 is 11.6 Å². The van der Waals surface area contributed by atoms with Crippen molar-refractivity contribution in [2.24, 2.45) is 5.92 Å². The minimum absolute atomic E-state index is 0.470. The third-order valence-electron chi connectivity index (χ3n) is 4.69. The number of halogens is 1. The maximum Gasteiger partial charge on any atom is 0.0594 e. The molecule has 2 aliphatic carbocycles. The minimum atomic E-state index is 0.470. The van der Waals surface area contributed by atoms with Crippen LogP contribution in [0.4, 0.5) is 0 Å². The molecule has 2 fully saturated rings.